The van der Waals surface area contributed by atoms with Gasteiger partial charge in [-0.05, 0) is 31.2 Å². The summed E-state index contributed by atoms with van der Waals surface area (Å²) in [5, 5.41) is 3.38. The predicted octanol–water partition coefficient (Wildman–Crippen LogP) is 2.65. The van der Waals surface area contributed by atoms with E-state index in [2.05, 4.69) is 10.2 Å². The average Bonchev–Trinajstić information content (AvgIpc) is 2.79. The van der Waals surface area contributed by atoms with E-state index >= 15 is 0 Å². The first kappa shape index (κ1) is 20.5. The van der Waals surface area contributed by atoms with Crippen LogP contribution >= 0.6 is 11.6 Å². The van der Waals surface area contributed by atoms with Crippen molar-refractivity contribution in [2.75, 3.05) is 38.1 Å². The van der Waals surface area contributed by atoms with E-state index in [4.69, 9.17) is 21.1 Å². The van der Waals surface area contributed by atoms with Gasteiger partial charge in [-0.3, -0.25) is 14.5 Å². The lowest BCUT2D eigenvalue weighted by molar-refractivity contribution is -0.143. The van der Waals surface area contributed by atoms with Crippen LogP contribution in [0.2, 0.25) is 5.02 Å². The second-order valence-corrected chi connectivity index (χ2v) is 7.78. The van der Waals surface area contributed by atoms with Crippen molar-refractivity contribution in [2.45, 2.75) is 19.1 Å². The highest BCUT2D eigenvalue weighted by atomic mass is 35.5. The largest absolute Gasteiger partial charge is 0.485 e. The van der Waals surface area contributed by atoms with Crippen molar-refractivity contribution in [3.63, 3.8) is 0 Å². The molecule has 7 nitrogen and oxygen atoms in total. The minimum Gasteiger partial charge on any atom is -0.485 e. The Hall–Kier alpha value is -2.77. The summed E-state index contributed by atoms with van der Waals surface area (Å²) >= 11 is 6.12. The maximum atomic E-state index is 12.9. The molecule has 2 heterocycles. The number of nitrogens with one attached hydrogen (secondary N) is 1. The van der Waals surface area contributed by atoms with Crippen LogP contribution in [0, 0.1) is 0 Å². The maximum Gasteiger partial charge on any atom is 0.267 e. The summed E-state index contributed by atoms with van der Waals surface area (Å²) in [6, 6.07) is 14.2. The number of hydrogen-bond acceptors (Lipinski definition) is 5. The maximum absolute atomic E-state index is 12.9. The van der Waals surface area contributed by atoms with Crippen LogP contribution in [0.5, 0.6) is 11.5 Å². The highest BCUT2D eigenvalue weighted by Gasteiger charge is 2.34. The summed E-state index contributed by atoms with van der Waals surface area (Å²) < 4.78 is 11.5. The summed E-state index contributed by atoms with van der Waals surface area (Å²) in [4.78, 5) is 29.3. The molecule has 8 heteroatoms. The van der Waals surface area contributed by atoms with Gasteiger partial charge in [-0.1, -0.05) is 35.9 Å². The van der Waals surface area contributed by atoms with Crippen LogP contribution in [-0.2, 0) is 9.59 Å². The molecule has 2 aliphatic heterocycles. The number of ether oxygens (including phenoxy) is 2. The number of para-hydroxylation sites is 3. The number of anilines is 1. The van der Waals surface area contributed by atoms with Gasteiger partial charge >= 0.3 is 0 Å². The quantitative estimate of drug-likeness (QED) is 0.809. The number of fused-ring (bicyclic) bond motifs is 1. The number of piperazine rings is 1. The van der Waals surface area contributed by atoms with Crippen molar-refractivity contribution in [1.82, 2.24) is 9.80 Å². The number of nitrogens with zero attached hydrogens (tertiary/aromatic N) is 2. The topological polar surface area (TPSA) is 71.1 Å². The molecule has 0 saturated carbocycles. The highest BCUT2D eigenvalue weighted by molar-refractivity contribution is 6.33. The van der Waals surface area contributed by atoms with E-state index in [9.17, 15) is 9.59 Å². The SMILES string of the molecule is CC(C(=O)Nc1ccccc1Cl)N1CCN(C(=O)C2COc3ccccc3O2)CC1. The number of benzene rings is 2. The van der Waals surface area contributed by atoms with E-state index < -0.39 is 6.10 Å². The van der Waals surface area contributed by atoms with Gasteiger partial charge in [-0.25, -0.2) is 0 Å². The zero-order valence-electron chi connectivity index (χ0n) is 16.7. The summed E-state index contributed by atoms with van der Waals surface area (Å²) in [5.41, 5.74) is 0.597. The van der Waals surface area contributed by atoms with Crippen molar-refractivity contribution in [1.29, 1.82) is 0 Å². The predicted molar refractivity (Wildman–Crippen MR) is 114 cm³/mol. The van der Waals surface area contributed by atoms with Gasteiger partial charge in [-0.2, -0.15) is 0 Å². The molecule has 1 N–H and O–H groups in total. The van der Waals surface area contributed by atoms with Gasteiger partial charge in [0, 0.05) is 26.2 Å². The molecule has 2 unspecified atom stereocenters. The minimum atomic E-state index is -0.646. The average molecular weight is 430 g/mol. The van der Waals surface area contributed by atoms with Gasteiger partial charge in [0.05, 0.1) is 16.8 Å². The van der Waals surface area contributed by atoms with E-state index in [1.165, 1.54) is 0 Å². The van der Waals surface area contributed by atoms with E-state index in [0.29, 0.717) is 48.4 Å². The molecule has 2 aromatic carbocycles. The van der Waals surface area contributed by atoms with Crippen LogP contribution in [0.3, 0.4) is 0 Å². The van der Waals surface area contributed by atoms with E-state index in [1.54, 1.807) is 23.1 Å². The second kappa shape index (κ2) is 8.93. The van der Waals surface area contributed by atoms with Gasteiger partial charge in [-0.15, -0.1) is 0 Å². The molecule has 2 atom stereocenters. The Morgan fingerprint density at radius 2 is 1.70 bits per heavy atom. The van der Waals surface area contributed by atoms with Crippen LogP contribution in [0.4, 0.5) is 5.69 Å². The van der Waals surface area contributed by atoms with Gasteiger partial charge < -0.3 is 19.7 Å². The van der Waals surface area contributed by atoms with Crippen LogP contribution < -0.4 is 14.8 Å². The van der Waals surface area contributed by atoms with Crippen molar-refractivity contribution in [3.8, 4) is 11.5 Å². The summed E-state index contributed by atoms with van der Waals surface area (Å²) in [6.45, 7) is 4.33. The minimum absolute atomic E-state index is 0.0858. The smallest absolute Gasteiger partial charge is 0.267 e. The summed E-state index contributed by atoms with van der Waals surface area (Å²) in [5.74, 6) is 1.04. The molecule has 2 aliphatic rings. The lowest BCUT2D eigenvalue weighted by atomic mass is 10.2. The molecular weight excluding hydrogens is 406 g/mol. The fourth-order valence-corrected chi connectivity index (χ4v) is 3.82. The van der Waals surface area contributed by atoms with Crippen molar-refractivity contribution in [2.24, 2.45) is 0 Å². The zero-order valence-corrected chi connectivity index (χ0v) is 17.5. The van der Waals surface area contributed by atoms with Crippen LogP contribution in [-0.4, -0.2) is 66.5 Å². The van der Waals surface area contributed by atoms with Crippen molar-refractivity contribution >= 4 is 29.1 Å². The Morgan fingerprint density at radius 1 is 1.03 bits per heavy atom. The lowest BCUT2D eigenvalue weighted by Gasteiger charge is -2.39. The van der Waals surface area contributed by atoms with E-state index in [1.807, 2.05) is 37.3 Å². The number of halogens is 1. The standard InChI is InChI=1S/C22H24ClN3O4/c1-15(21(27)24-17-7-3-2-6-16(17)23)25-10-12-26(13-11-25)22(28)20-14-29-18-8-4-5-9-19(18)30-20/h2-9,15,20H,10-14H2,1H3,(H,24,27). The molecule has 4 rings (SSSR count). The Morgan fingerprint density at radius 3 is 2.43 bits per heavy atom. The number of amides is 2. The molecule has 1 saturated heterocycles. The van der Waals surface area contributed by atoms with Crippen molar-refractivity contribution < 1.29 is 19.1 Å². The van der Waals surface area contributed by atoms with Gasteiger partial charge in [0.1, 0.15) is 6.61 Å². The molecule has 1 fully saturated rings. The van der Waals surface area contributed by atoms with Crippen LogP contribution in [0.1, 0.15) is 6.92 Å². The molecule has 0 spiro atoms. The summed E-state index contributed by atoms with van der Waals surface area (Å²) in [6.07, 6.45) is -0.646. The van der Waals surface area contributed by atoms with E-state index in [0.717, 1.165) is 0 Å². The van der Waals surface area contributed by atoms with Crippen LogP contribution in [0.25, 0.3) is 0 Å². The fourth-order valence-electron chi connectivity index (χ4n) is 3.64. The normalized spacial score (nSPS) is 19.8. The molecule has 2 aromatic rings. The van der Waals surface area contributed by atoms with E-state index in [-0.39, 0.29) is 24.5 Å². The molecule has 2 amide bonds. The number of carbonyl (C=O) groups excluding carboxylic acids is 2. The first-order valence-corrected chi connectivity index (χ1v) is 10.4. The first-order valence-electron chi connectivity index (χ1n) is 9.99. The number of carbonyl (C=O) groups is 2. The van der Waals surface area contributed by atoms with Crippen LogP contribution in [0.15, 0.2) is 48.5 Å². The third kappa shape index (κ3) is 4.37. The molecule has 158 valence electrons. The molecule has 0 aromatic heterocycles. The Labute approximate surface area is 180 Å². The monoisotopic (exact) mass is 429 g/mol. The van der Waals surface area contributed by atoms with Crippen molar-refractivity contribution in [3.05, 3.63) is 53.6 Å². The number of hydrogen-bond donors (Lipinski definition) is 1. The second-order valence-electron chi connectivity index (χ2n) is 7.37. The van der Waals surface area contributed by atoms with Gasteiger partial charge in [0.15, 0.2) is 11.5 Å². The third-order valence-electron chi connectivity index (χ3n) is 5.47. The molecular formula is C22H24ClN3O4. The Bertz CT molecular complexity index is 930. The fraction of sp³-hybridized carbons (Fsp3) is 0.364. The molecule has 30 heavy (non-hydrogen) atoms. The highest BCUT2D eigenvalue weighted by Crippen LogP contribution is 2.31. The Balaban J connectivity index is 1.30. The summed E-state index contributed by atoms with van der Waals surface area (Å²) in [7, 11) is 0. The molecule has 0 radical (unpaired) electrons. The number of rotatable bonds is 4. The van der Waals surface area contributed by atoms with Gasteiger partial charge in [0.2, 0.25) is 12.0 Å². The third-order valence-corrected chi connectivity index (χ3v) is 5.80. The first-order chi connectivity index (χ1) is 14.5. The van der Waals surface area contributed by atoms with Gasteiger partial charge in [0.25, 0.3) is 5.91 Å². The lowest BCUT2D eigenvalue weighted by Crippen LogP contribution is -2.57. The molecule has 0 bridgehead atoms. The zero-order chi connectivity index (χ0) is 21.1. The molecule has 0 aliphatic carbocycles. The Kier molecular flexibility index (Phi) is 6.11.